The highest BCUT2D eigenvalue weighted by atomic mass is 32.2. The number of amides is 3. The Balaban J connectivity index is 1.49. The molecule has 0 bridgehead atoms. The van der Waals surface area contributed by atoms with Gasteiger partial charge < -0.3 is 9.73 Å². The summed E-state index contributed by atoms with van der Waals surface area (Å²) < 4.78 is 6.63. The van der Waals surface area contributed by atoms with E-state index in [9.17, 15) is 9.59 Å². The first kappa shape index (κ1) is 17.7. The van der Waals surface area contributed by atoms with Crippen LogP contribution in [0.3, 0.4) is 0 Å². The van der Waals surface area contributed by atoms with Gasteiger partial charge in [-0.25, -0.2) is 4.79 Å². The van der Waals surface area contributed by atoms with Gasteiger partial charge in [0, 0.05) is 0 Å². The van der Waals surface area contributed by atoms with Crippen molar-refractivity contribution in [3.05, 3.63) is 54.0 Å². The number of thioether (sulfide) groups is 1. The van der Waals surface area contributed by atoms with E-state index >= 15 is 0 Å². The SMILES string of the molecule is Cc1ccc(-n2nnnc2SCC(=O)NC(=O)NCc2ccco2)cc1. The van der Waals surface area contributed by atoms with E-state index in [2.05, 4.69) is 26.2 Å². The molecule has 0 saturated heterocycles. The van der Waals surface area contributed by atoms with Crippen molar-refractivity contribution < 1.29 is 14.0 Å². The lowest BCUT2D eigenvalue weighted by Gasteiger charge is -2.06. The molecule has 3 aromatic rings. The van der Waals surface area contributed by atoms with Crippen LogP contribution < -0.4 is 10.6 Å². The van der Waals surface area contributed by atoms with Gasteiger partial charge >= 0.3 is 6.03 Å². The molecule has 9 nitrogen and oxygen atoms in total. The maximum absolute atomic E-state index is 11.9. The smallest absolute Gasteiger partial charge is 0.321 e. The third-order valence-corrected chi connectivity index (χ3v) is 4.23. The maximum atomic E-state index is 11.9. The zero-order valence-electron chi connectivity index (χ0n) is 13.9. The number of aromatic nitrogens is 4. The molecule has 0 atom stereocenters. The van der Waals surface area contributed by atoms with E-state index in [1.807, 2.05) is 31.2 Å². The Kier molecular flexibility index (Phi) is 5.64. The number of nitrogens with zero attached hydrogens (tertiary/aromatic N) is 4. The molecule has 0 radical (unpaired) electrons. The summed E-state index contributed by atoms with van der Waals surface area (Å²) in [7, 11) is 0. The molecule has 26 heavy (non-hydrogen) atoms. The Morgan fingerprint density at radius 1 is 1.23 bits per heavy atom. The molecule has 0 aliphatic rings. The van der Waals surface area contributed by atoms with E-state index in [0.717, 1.165) is 23.0 Å². The molecule has 3 amide bonds. The van der Waals surface area contributed by atoms with Gasteiger partial charge in [0.25, 0.3) is 0 Å². The molecule has 10 heteroatoms. The molecule has 0 fully saturated rings. The highest BCUT2D eigenvalue weighted by Gasteiger charge is 2.13. The Bertz CT molecular complexity index is 876. The maximum Gasteiger partial charge on any atom is 0.321 e. The number of furan rings is 1. The lowest BCUT2D eigenvalue weighted by Crippen LogP contribution is -2.39. The molecule has 0 spiro atoms. The van der Waals surface area contributed by atoms with Gasteiger partial charge in [-0.3, -0.25) is 10.1 Å². The summed E-state index contributed by atoms with van der Waals surface area (Å²) in [4.78, 5) is 23.6. The molecule has 3 rings (SSSR count). The van der Waals surface area contributed by atoms with Crippen molar-refractivity contribution in [2.75, 3.05) is 5.75 Å². The minimum atomic E-state index is -0.592. The molecule has 0 unspecified atom stereocenters. The largest absolute Gasteiger partial charge is 0.467 e. The topological polar surface area (TPSA) is 115 Å². The van der Waals surface area contributed by atoms with Crippen LogP contribution >= 0.6 is 11.8 Å². The highest BCUT2D eigenvalue weighted by molar-refractivity contribution is 7.99. The molecule has 2 aromatic heterocycles. The first-order valence-electron chi connectivity index (χ1n) is 7.70. The summed E-state index contributed by atoms with van der Waals surface area (Å²) in [5, 5.41) is 16.7. The number of hydrogen-bond donors (Lipinski definition) is 2. The van der Waals surface area contributed by atoms with Crippen molar-refractivity contribution in [3.63, 3.8) is 0 Å². The van der Waals surface area contributed by atoms with E-state index < -0.39 is 11.9 Å². The first-order valence-corrected chi connectivity index (χ1v) is 8.68. The summed E-state index contributed by atoms with van der Waals surface area (Å²) in [6, 6.07) is 10.5. The van der Waals surface area contributed by atoms with E-state index in [1.165, 1.54) is 10.9 Å². The summed E-state index contributed by atoms with van der Waals surface area (Å²) in [5.41, 5.74) is 1.91. The van der Waals surface area contributed by atoms with E-state index in [0.29, 0.717) is 10.9 Å². The number of nitrogens with one attached hydrogen (secondary N) is 2. The average Bonchev–Trinajstić information content (AvgIpc) is 3.30. The van der Waals surface area contributed by atoms with Gasteiger partial charge in [0.1, 0.15) is 5.76 Å². The Morgan fingerprint density at radius 3 is 2.77 bits per heavy atom. The van der Waals surface area contributed by atoms with E-state index in [-0.39, 0.29) is 12.3 Å². The molecule has 0 aliphatic carbocycles. The van der Waals surface area contributed by atoms with Crippen molar-refractivity contribution in [2.24, 2.45) is 0 Å². The zero-order valence-corrected chi connectivity index (χ0v) is 14.7. The number of carbonyl (C=O) groups excluding carboxylic acids is 2. The molecule has 2 heterocycles. The number of urea groups is 1. The van der Waals surface area contributed by atoms with Gasteiger partial charge in [0.05, 0.1) is 24.2 Å². The molecule has 134 valence electrons. The number of rotatable bonds is 6. The Morgan fingerprint density at radius 2 is 2.04 bits per heavy atom. The molecule has 0 saturated carbocycles. The lowest BCUT2D eigenvalue weighted by molar-refractivity contribution is -0.117. The molecule has 2 N–H and O–H groups in total. The third kappa shape index (κ3) is 4.70. The van der Waals surface area contributed by atoms with Crippen molar-refractivity contribution in [1.29, 1.82) is 0 Å². The normalized spacial score (nSPS) is 10.5. The number of hydrogen-bond acceptors (Lipinski definition) is 7. The van der Waals surface area contributed by atoms with Crippen LogP contribution in [0.1, 0.15) is 11.3 Å². The minimum absolute atomic E-state index is 0.000403. The van der Waals surface area contributed by atoms with Crippen LogP contribution in [0.5, 0.6) is 0 Å². The van der Waals surface area contributed by atoms with Crippen LogP contribution in [0.15, 0.2) is 52.2 Å². The predicted octanol–water partition coefficient (Wildman–Crippen LogP) is 1.68. The van der Waals surface area contributed by atoms with Crippen LogP contribution in [-0.4, -0.2) is 37.9 Å². The number of benzene rings is 1. The fourth-order valence-electron chi connectivity index (χ4n) is 2.03. The summed E-state index contributed by atoms with van der Waals surface area (Å²) in [6.45, 7) is 2.19. The summed E-state index contributed by atoms with van der Waals surface area (Å²) in [5.74, 6) is 0.144. The van der Waals surface area contributed by atoms with Gasteiger partial charge in [0.2, 0.25) is 11.1 Å². The minimum Gasteiger partial charge on any atom is -0.467 e. The van der Waals surface area contributed by atoms with E-state index in [1.54, 1.807) is 12.1 Å². The van der Waals surface area contributed by atoms with Gasteiger partial charge in [-0.2, -0.15) is 4.68 Å². The second kappa shape index (κ2) is 8.30. The van der Waals surface area contributed by atoms with Crippen LogP contribution in [0.2, 0.25) is 0 Å². The Labute approximate surface area is 153 Å². The highest BCUT2D eigenvalue weighted by Crippen LogP contribution is 2.18. The third-order valence-electron chi connectivity index (χ3n) is 3.31. The number of tetrazole rings is 1. The Hall–Kier alpha value is -3.14. The molecular formula is C16H16N6O3S. The molecular weight excluding hydrogens is 356 g/mol. The second-order valence-corrected chi connectivity index (χ2v) is 6.25. The van der Waals surface area contributed by atoms with Crippen LogP contribution in [0, 0.1) is 6.92 Å². The van der Waals surface area contributed by atoms with Crippen molar-refractivity contribution in [1.82, 2.24) is 30.8 Å². The molecule has 0 aliphatic heterocycles. The predicted molar refractivity (Wildman–Crippen MR) is 93.7 cm³/mol. The second-order valence-electron chi connectivity index (χ2n) is 5.31. The zero-order chi connectivity index (χ0) is 18.4. The first-order chi connectivity index (χ1) is 12.6. The number of imide groups is 1. The van der Waals surface area contributed by atoms with Crippen LogP contribution in [0.4, 0.5) is 4.79 Å². The lowest BCUT2D eigenvalue weighted by atomic mass is 10.2. The van der Waals surface area contributed by atoms with Crippen LogP contribution in [0.25, 0.3) is 5.69 Å². The van der Waals surface area contributed by atoms with E-state index in [4.69, 9.17) is 4.42 Å². The number of aryl methyl sites for hydroxylation is 1. The monoisotopic (exact) mass is 372 g/mol. The van der Waals surface area contributed by atoms with Crippen LogP contribution in [-0.2, 0) is 11.3 Å². The average molecular weight is 372 g/mol. The summed E-state index contributed by atoms with van der Waals surface area (Å²) >= 11 is 1.13. The van der Waals surface area contributed by atoms with Gasteiger partial charge in [0.15, 0.2) is 0 Å². The fraction of sp³-hybridized carbons (Fsp3) is 0.188. The van der Waals surface area contributed by atoms with Crippen molar-refractivity contribution in [3.8, 4) is 5.69 Å². The van der Waals surface area contributed by atoms with Crippen molar-refractivity contribution in [2.45, 2.75) is 18.6 Å². The van der Waals surface area contributed by atoms with Gasteiger partial charge in [-0.15, -0.1) is 5.10 Å². The number of carbonyl (C=O) groups is 2. The molecule has 1 aromatic carbocycles. The van der Waals surface area contributed by atoms with Crippen molar-refractivity contribution >= 4 is 23.7 Å². The fourth-order valence-corrected chi connectivity index (χ4v) is 2.73. The standard InChI is InChI=1S/C16H16N6O3S/c1-11-4-6-12(7-5-11)22-16(19-20-21-22)26-10-14(23)18-15(24)17-9-13-3-2-8-25-13/h2-8H,9-10H2,1H3,(H2,17,18,23,24). The van der Waals surface area contributed by atoms with Gasteiger partial charge in [-0.05, 0) is 41.6 Å². The summed E-state index contributed by atoms with van der Waals surface area (Å²) in [6.07, 6.45) is 1.51. The quantitative estimate of drug-likeness (QED) is 0.633. The van der Waals surface area contributed by atoms with Gasteiger partial charge in [-0.1, -0.05) is 29.5 Å².